The maximum atomic E-state index is 11.8. The predicted octanol–water partition coefficient (Wildman–Crippen LogP) is 3.45. The summed E-state index contributed by atoms with van der Waals surface area (Å²) in [6.45, 7) is 10.1. The van der Waals surface area contributed by atoms with E-state index in [4.69, 9.17) is 4.74 Å². The molecule has 2 N–H and O–H groups in total. The molecule has 0 radical (unpaired) electrons. The number of thiophene rings is 1. The molecule has 1 aromatic heterocycles. The van der Waals surface area contributed by atoms with Crippen molar-refractivity contribution in [1.29, 1.82) is 0 Å². The van der Waals surface area contributed by atoms with Crippen LogP contribution in [0.4, 0.5) is 4.79 Å². The van der Waals surface area contributed by atoms with Crippen LogP contribution >= 0.6 is 11.3 Å². The number of hydrogen-bond acceptors (Lipinski definition) is 4. The Morgan fingerprint density at radius 1 is 1.43 bits per heavy atom. The summed E-state index contributed by atoms with van der Waals surface area (Å²) in [5.41, 5.74) is 0.295. The van der Waals surface area contributed by atoms with E-state index < -0.39 is 11.7 Å². The number of nitrogens with one attached hydrogen (secondary N) is 1. The van der Waals surface area contributed by atoms with Gasteiger partial charge in [-0.25, -0.2) is 4.79 Å². The quantitative estimate of drug-likeness (QED) is 0.845. The number of amides is 1. The number of aliphatic hydroxyl groups is 1. The van der Waals surface area contributed by atoms with Crippen LogP contribution in [0.25, 0.3) is 0 Å². The third kappa shape index (κ3) is 5.67. The minimum Gasteiger partial charge on any atom is -0.444 e. The third-order valence-electron chi connectivity index (χ3n) is 3.66. The molecule has 21 heavy (non-hydrogen) atoms. The summed E-state index contributed by atoms with van der Waals surface area (Å²) in [4.78, 5) is 11.8. The van der Waals surface area contributed by atoms with Crippen LogP contribution in [0.5, 0.6) is 0 Å². The monoisotopic (exact) mass is 313 g/mol. The molecule has 0 saturated heterocycles. The van der Waals surface area contributed by atoms with Crippen molar-refractivity contribution in [3.8, 4) is 0 Å². The molecule has 0 aliphatic carbocycles. The summed E-state index contributed by atoms with van der Waals surface area (Å²) in [6, 6.07) is 2.06. The molecule has 0 fully saturated rings. The van der Waals surface area contributed by atoms with Crippen molar-refractivity contribution in [2.45, 2.75) is 46.6 Å². The molecular formula is C16H27NO3S. The lowest BCUT2D eigenvalue weighted by molar-refractivity contribution is 0.0394. The van der Waals surface area contributed by atoms with Gasteiger partial charge in [0.15, 0.2) is 0 Å². The standard InChI is InChI=1S/C16H27NO3S/c1-12(2)16(11-18,8-13-6-7-21-9-13)10-17-14(19)20-15(3,4)5/h6-7,9,12,18H,8,10-11H2,1-5H3,(H,17,19). The number of hydrogen-bond donors (Lipinski definition) is 2. The van der Waals surface area contributed by atoms with Crippen LogP contribution in [0.2, 0.25) is 0 Å². The molecule has 1 rings (SSSR count). The molecule has 1 aromatic rings. The average molecular weight is 313 g/mol. The third-order valence-corrected chi connectivity index (χ3v) is 4.39. The van der Waals surface area contributed by atoms with E-state index in [9.17, 15) is 9.90 Å². The lowest BCUT2D eigenvalue weighted by Crippen LogP contribution is -2.46. The fraction of sp³-hybridized carbons (Fsp3) is 0.688. The second-order valence-corrected chi connectivity index (χ2v) is 7.62. The van der Waals surface area contributed by atoms with Gasteiger partial charge >= 0.3 is 6.09 Å². The Morgan fingerprint density at radius 2 is 2.10 bits per heavy atom. The van der Waals surface area contributed by atoms with Crippen molar-refractivity contribution in [2.75, 3.05) is 13.2 Å². The Morgan fingerprint density at radius 3 is 2.52 bits per heavy atom. The molecule has 4 nitrogen and oxygen atoms in total. The molecule has 0 bridgehead atoms. The van der Waals surface area contributed by atoms with Gasteiger partial charge < -0.3 is 15.2 Å². The molecule has 0 spiro atoms. The van der Waals surface area contributed by atoms with Crippen LogP contribution < -0.4 is 5.32 Å². The first-order valence-electron chi connectivity index (χ1n) is 7.27. The minimum absolute atomic E-state index is 0.0241. The highest BCUT2D eigenvalue weighted by atomic mass is 32.1. The molecular weight excluding hydrogens is 286 g/mol. The number of alkyl carbamates (subject to hydrolysis) is 1. The smallest absolute Gasteiger partial charge is 0.407 e. The van der Waals surface area contributed by atoms with Gasteiger partial charge in [-0.2, -0.15) is 11.3 Å². The summed E-state index contributed by atoms with van der Waals surface area (Å²) >= 11 is 1.64. The summed E-state index contributed by atoms with van der Waals surface area (Å²) in [5, 5.41) is 16.8. The highest BCUT2D eigenvalue weighted by Crippen LogP contribution is 2.31. The van der Waals surface area contributed by atoms with Gasteiger partial charge in [0, 0.05) is 12.0 Å². The van der Waals surface area contributed by atoms with Gasteiger partial charge in [-0.1, -0.05) is 13.8 Å². The Kier molecular flexibility index (Phi) is 6.23. The second-order valence-electron chi connectivity index (χ2n) is 6.84. The van der Waals surface area contributed by atoms with Gasteiger partial charge in [-0.05, 0) is 55.5 Å². The molecule has 120 valence electrons. The van der Waals surface area contributed by atoms with E-state index in [2.05, 4.69) is 30.6 Å². The highest BCUT2D eigenvalue weighted by molar-refractivity contribution is 7.07. The van der Waals surface area contributed by atoms with E-state index in [1.165, 1.54) is 5.56 Å². The molecule has 1 atom stereocenters. The van der Waals surface area contributed by atoms with Crippen LogP contribution in [-0.2, 0) is 11.2 Å². The lowest BCUT2D eigenvalue weighted by atomic mass is 9.73. The zero-order valence-corrected chi connectivity index (χ0v) is 14.4. The van der Waals surface area contributed by atoms with Crippen LogP contribution in [0, 0.1) is 11.3 Å². The second kappa shape index (κ2) is 7.27. The molecule has 1 heterocycles. The summed E-state index contributed by atoms with van der Waals surface area (Å²) in [7, 11) is 0. The van der Waals surface area contributed by atoms with Gasteiger partial charge in [-0.3, -0.25) is 0 Å². The molecule has 5 heteroatoms. The van der Waals surface area contributed by atoms with Crippen LogP contribution in [0.3, 0.4) is 0 Å². The van der Waals surface area contributed by atoms with Gasteiger partial charge in [0.1, 0.15) is 5.60 Å². The topological polar surface area (TPSA) is 58.6 Å². The summed E-state index contributed by atoms with van der Waals surface area (Å²) in [5.74, 6) is 0.234. The Bertz CT molecular complexity index is 437. The first-order chi connectivity index (χ1) is 9.68. The maximum Gasteiger partial charge on any atom is 0.407 e. The fourth-order valence-corrected chi connectivity index (χ4v) is 2.80. The van der Waals surface area contributed by atoms with Gasteiger partial charge in [0.05, 0.1) is 6.61 Å². The fourth-order valence-electron chi connectivity index (χ4n) is 2.13. The van der Waals surface area contributed by atoms with Gasteiger partial charge in [0.25, 0.3) is 0 Å². The molecule has 1 amide bonds. The Labute approximate surface area is 131 Å². The SMILES string of the molecule is CC(C)C(CO)(CNC(=O)OC(C)(C)C)Cc1ccsc1. The molecule has 0 saturated carbocycles. The number of carbonyl (C=O) groups excluding carboxylic acids is 1. The Hall–Kier alpha value is -1.07. The van der Waals surface area contributed by atoms with Crippen molar-refractivity contribution in [1.82, 2.24) is 5.32 Å². The zero-order valence-electron chi connectivity index (χ0n) is 13.6. The summed E-state index contributed by atoms with van der Waals surface area (Å²) in [6.07, 6.45) is 0.298. The van der Waals surface area contributed by atoms with Crippen molar-refractivity contribution in [2.24, 2.45) is 11.3 Å². The zero-order chi connectivity index (χ0) is 16.1. The van der Waals surface area contributed by atoms with Crippen LogP contribution in [0.15, 0.2) is 16.8 Å². The average Bonchev–Trinajstić information content (AvgIpc) is 2.84. The number of ether oxygens (including phenoxy) is 1. The highest BCUT2D eigenvalue weighted by Gasteiger charge is 2.34. The first-order valence-corrected chi connectivity index (χ1v) is 8.21. The maximum absolute atomic E-state index is 11.8. The van der Waals surface area contributed by atoms with E-state index in [1.54, 1.807) is 11.3 Å². The van der Waals surface area contributed by atoms with Crippen molar-refractivity contribution < 1.29 is 14.6 Å². The van der Waals surface area contributed by atoms with Crippen LogP contribution in [-0.4, -0.2) is 30.0 Å². The van der Waals surface area contributed by atoms with Crippen molar-refractivity contribution in [3.63, 3.8) is 0 Å². The lowest BCUT2D eigenvalue weighted by Gasteiger charge is -2.36. The van der Waals surface area contributed by atoms with E-state index in [-0.39, 0.29) is 17.9 Å². The molecule has 0 aromatic carbocycles. The van der Waals surface area contributed by atoms with E-state index in [0.29, 0.717) is 6.54 Å². The van der Waals surface area contributed by atoms with Gasteiger partial charge in [0.2, 0.25) is 0 Å². The van der Waals surface area contributed by atoms with E-state index in [1.807, 2.05) is 26.2 Å². The number of aliphatic hydroxyl groups excluding tert-OH is 1. The number of rotatable bonds is 6. The normalized spacial score (nSPS) is 14.8. The van der Waals surface area contributed by atoms with E-state index >= 15 is 0 Å². The van der Waals surface area contributed by atoms with E-state index in [0.717, 1.165) is 6.42 Å². The molecule has 1 unspecified atom stereocenters. The largest absolute Gasteiger partial charge is 0.444 e. The predicted molar refractivity (Wildman–Crippen MR) is 86.6 cm³/mol. The first kappa shape index (κ1) is 18.0. The molecule has 0 aliphatic rings. The summed E-state index contributed by atoms with van der Waals surface area (Å²) < 4.78 is 5.26. The van der Waals surface area contributed by atoms with Crippen LogP contribution in [0.1, 0.15) is 40.2 Å². The van der Waals surface area contributed by atoms with Crippen molar-refractivity contribution >= 4 is 17.4 Å². The minimum atomic E-state index is -0.517. The van der Waals surface area contributed by atoms with Gasteiger partial charge in [-0.15, -0.1) is 0 Å². The Balaban J connectivity index is 2.72. The van der Waals surface area contributed by atoms with Crippen molar-refractivity contribution in [3.05, 3.63) is 22.4 Å². The number of carbonyl (C=O) groups is 1. The molecule has 0 aliphatic heterocycles.